The Hall–Kier alpha value is -1.97. The van der Waals surface area contributed by atoms with Gasteiger partial charge in [-0.15, -0.1) is 0 Å². The second kappa shape index (κ2) is 7.73. The molecule has 1 aromatic heterocycles. The number of carbonyl (C=O) groups excluding carboxylic acids is 1. The number of nitrogen functional groups attached to an aromatic ring is 1. The van der Waals surface area contributed by atoms with Crippen molar-refractivity contribution in [2.24, 2.45) is 0 Å². The minimum absolute atomic E-state index is 0.230. The quantitative estimate of drug-likeness (QED) is 0.640. The molecule has 0 unspecified atom stereocenters. The molecule has 0 aliphatic heterocycles. The van der Waals surface area contributed by atoms with Crippen molar-refractivity contribution < 1.29 is 13.2 Å². The number of sulfonamides is 1. The molecule has 2 rings (SSSR count). The Bertz CT molecular complexity index is 814. The highest BCUT2D eigenvalue weighted by atomic mass is 32.2. The van der Waals surface area contributed by atoms with Crippen molar-refractivity contribution in [3.63, 3.8) is 0 Å². The van der Waals surface area contributed by atoms with Gasteiger partial charge in [0.25, 0.3) is 5.91 Å². The molecule has 1 amide bonds. The number of thiazole rings is 1. The van der Waals surface area contributed by atoms with Crippen LogP contribution in [0.5, 0.6) is 0 Å². The maximum Gasteiger partial charge on any atom is 0.263 e. The summed E-state index contributed by atoms with van der Waals surface area (Å²) < 4.78 is 26.7. The van der Waals surface area contributed by atoms with Crippen LogP contribution in [-0.2, 0) is 10.0 Å². The Morgan fingerprint density at radius 3 is 2.46 bits per heavy atom. The standard InChI is InChI=1S/C15H20N4O3S2/c1-10-4-6-12(7-5-10)24(21,22)18-9-3-8-17-14(20)13-11(2)19-15(16)23-13/h4-7,18H,3,8-9H2,1-2H3,(H2,16,19)(H,17,20). The van der Waals surface area contributed by atoms with Gasteiger partial charge in [0.2, 0.25) is 10.0 Å². The summed E-state index contributed by atoms with van der Waals surface area (Å²) in [5, 5.41) is 3.08. The van der Waals surface area contributed by atoms with Crippen molar-refractivity contribution >= 4 is 32.4 Å². The van der Waals surface area contributed by atoms with Crippen molar-refractivity contribution in [3.8, 4) is 0 Å². The predicted octanol–water partition coefficient (Wildman–Crippen LogP) is 1.44. The zero-order valence-corrected chi connectivity index (χ0v) is 15.1. The van der Waals surface area contributed by atoms with Crippen LogP contribution in [0.1, 0.15) is 27.3 Å². The number of nitrogens with zero attached hydrogens (tertiary/aromatic N) is 1. The molecule has 24 heavy (non-hydrogen) atoms. The molecule has 0 bridgehead atoms. The summed E-state index contributed by atoms with van der Waals surface area (Å²) in [5.74, 6) is -0.247. The number of hydrogen-bond acceptors (Lipinski definition) is 6. The summed E-state index contributed by atoms with van der Waals surface area (Å²) >= 11 is 1.13. The molecule has 0 atom stereocenters. The van der Waals surface area contributed by atoms with E-state index in [1.54, 1.807) is 31.2 Å². The van der Waals surface area contributed by atoms with Crippen LogP contribution in [0.15, 0.2) is 29.2 Å². The van der Waals surface area contributed by atoms with Crippen LogP contribution in [0.2, 0.25) is 0 Å². The maximum atomic E-state index is 12.1. The number of anilines is 1. The molecule has 0 saturated carbocycles. The summed E-state index contributed by atoms with van der Waals surface area (Å²) in [6.07, 6.45) is 0.476. The molecular weight excluding hydrogens is 348 g/mol. The van der Waals surface area contributed by atoms with Gasteiger partial charge >= 0.3 is 0 Å². The van der Waals surface area contributed by atoms with Crippen LogP contribution >= 0.6 is 11.3 Å². The fourth-order valence-electron chi connectivity index (χ4n) is 2.01. The number of nitrogens with two attached hydrogens (primary N) is 1. The number of aryl methyl sites for hydroxylation is 2. The molecule has 0 saturated heterocycles. The van der Waals surface area contributed by atoms with Crippen LogP contribution in [0.3, 0.4) is 0 Å². The van der Waals surface area contributed by atoms with Gasteiger partial charge in [-0.25, -0.2) is 18.1 Å². The Morgan fingerprint density at radius 2 is 1.88 bits per heavy atom. The lowest BCUT2D eigenvalue weighted by Gasteiger charge is -2.08. The first kappa shape index (κ1) is 18.4. The van der Waals surface area contributed by atoms with Crippen LogP contribution in [0.4, 0.5) is 5.13 Å². The second-order valence-electron chi connectivity index (χ2n) is 5.29. The molecular formula is C15H20N4O3S2. The van der Waals surface area contributed by atoms with Crippen molar-refractivity contribution in [3.05, 3.63) is 40.4 Å². The third-order valence-electron chi connectivity index (χ3n) is 3.28. The third-order valence-corrected chi connectivity index (χ3v) is 5.74. The molecule has 0 fully saturated rings. The molecule has 1 heterocycles. The highest BCUT2D eigenvalue weighted by Crippen LogP contribution is 2.19. The summed E-state index contributed by atoms with van der Waals surface area (Å²) in [5.41, 5.74) is 7.15. The van der Waals surface area contributed by atoms with E-state index in [2.05, 4.69) is 15.0 Å². The Kier molecular flexibility index (Phi) is 5.92. The number of nitrogens with one attached hydrogen (secondary N) is 2. The average molecular weight is 368 g/mol. The Labute approximate surface area is 145 Å². The first-order valence-electron chi connectivity index (χ1n) is 7.37. The second-order valence-corrected chi connectivity index (χ2v) is 8.08. The first-order valence-corrected chi connectivity index (χ1v) is 9.67. The van der Waals surface area contributed by atoms with Crippen LogP contribution in [-0.4, -0.2) is 32.4 Å². The molecule has 9 heteroatoms. The van der Waals surface area contributed by atoms with Gasteiger partial charge in [-0.05, 0) is 32.4 Å². The molecule has 7 nitrogen and oxygen atoms in total. The number of carbonyl (C=O) groups is 1. The molecule has 0 radical (unpaired) electrons. The number of amides is 1. The molecule has 130 valence electrons. The minimum Gasteiger partial charge on any atom is -0.375 e. The topological polar surface area (TPSA) is 114 Å². The third kappa shape index (κ3) is 4.76. The van der Waals surface area contributed by atoms with E-state index in [0.717, 1.165) is 16.9 Å². The van der Waals surface area contributed by atoms with Gasteiger partial charge in [0.05, 0.1) is 10.6 Å². The van der Waals surface area contributed by atoms with E-state index < -0.39 is 10.0 Å². The summed E-state index contributed by atoms with van der Waals surface area (Å²) in [6, 6.07) is 6.63. The van der Waals surface area contributed by atoms with Crippen molar-refractivity contribution in [1.82, 2.24) is 15.0 Å². The number of rotatable bonds is 7. The van der Waals surface area contributed by atoms with Crippen LogP contribution < -0.4 is 15.8 Å². The van der Waals surface area contributed by atoms with Gasteiger partial charge in [0, 0.05) is 13.1 Å². The highest BCUT2D eigenvalue weighted by molar-refractivity contribution is 7.89. The smallest absolute Gasteiger partial charge is 0.263 e. The SMILES string of the molecule is Cc1ccc(S(=O)(=O)NCCCNC(=O)c2sc(N)nc2C)cc1. The van der Waals surface area contributed by atoms with Crippen molar-refractivity contribution in [1.29, 1.82) is 0 Å². The summed E-state index contributed by atoms with van der Waals surface area (Å²) in [4.78, 5) is 16.7. The number of aromatic nitrogens is 1. The largest absolute Gasteiger partial charge is 0.375 e. The van der Waals surface area contributed by atoms with E-state index in [0.29, 0.717) is 28.7 Å². The monoisotopic (exact) mass is 368 g/mol. The van der Waals surface area contributed by atoms with Crippen molar-refractivity contribution in [2.45, 2.75) is 25.2 Å². The van der Waals surface area contributed by atoms with Gasteiger partial charge in [-0.2, -0.15) is 0 Å². The van der Waals surface area contributed by atoms with E-state index in [-0.39, 0.29) is 17.3 Å². The Morgan fingerprint density at radius 1 is 1.21 bits per heavy atom. The van der Waals surface area contributed by atoms with Crippen molar-refractivity contribution in [2.75, 3.05) is 18.8 Å². The zero-order valence-electron chi connectivity index (χ0n) is 13.5. The molecule has 2 aromatic rings. The number of hydrogen-bond donors (Lipinski definition) is 3. The van der Waals surface area contributed by atoms with Gasteiger partial charge in [0.1, 0.15) is 4.88 Å². The van der Waals surface area contributed by atoms with E-state index in [9.17, 15) is 13.2 Å². The summed E-state index contributed by atoms with van der Waals surface area (Å²) in [7, 11) is -3.52. The minimum atomic E-state index is -3.52. The lowest BCUT2D eigenvalue weighted by Crippen LogP contribution is -2.29. The predicted molar refractivity (Wildman–Crippen MR) is 94.6 cm³/mol. The summed E-state index contributed by atoms with van der Waals surface area (Å²) in [6.45, 7) is 4.20. The van der Waals surface area contributed by atoms with Gasteiger partial charge in [0.15, 0.2) is 5.13 Å². The van der Waals surface area contributed by atoms with Gasteiger partial charge in [-0.3, -0.25) is 4.79 Å². The highest BCUT2D eigenvalue weighted by Gasteiger charge is 2.14. The lowest BCUT2D eigenvalue weighted by atomic mass is 10.2. The fourth-order valence-corrected chi connectivity index (χ4v) is 3.83. The molecule has 1 aromatic carbocycles. The fraction of sp³-hybridized carbons (Fsp3) is 0.333. The molecule has 0 aliphatic carbocycles. The van der Waals surface area contributed by atoms with E-state index in [4.69, 9.17) is 5.73 Å². The molecule has 0 spiro atoms. The van der Waals surface area contributed by atoms with Crippen LogP contribution in [0, 0.1) is 13.8 Å². The van der Waals surface area contributed by atoms with Gasteiger partial charge < -0.3 is 11.1 Å². The first-order chi connectivity index (χ1) is 11.3. The van der Waals surface area contributed by atoms with E-state index in [1.165, 1.54) is 0 Å². The maximum absolute atomic E-state index is 12.1. The van der Waals surface area contributed by atoms with Crippen LogP contribution in [0.25, 0.3) is 0 Å². The lowest BCUT2D eigenvalue weighted by molar-refractivity contribution is 0.0956. The molecule has 0 aliphatic rings. The van der Waals surface area contributed by atoms with Gasteiger partial charge in [-0.1, -0.05) is 29.0 Å². The molecule has 4 N–H and O–H groups in total. The average Bonchev–Trinajstić information content (AvgIpc) is 2.86. The Balaban J connectivity index is 1.77. The number of benzene rings is 1. The normalized spacial score (nSPS) is 11.4. The van der Waals surface area contributed by atoms with E-state index >= 15 is 0 Å². The van der Waals surface area contributed by atoms with E-state index in [1.807, 2.05) is 6.92 Å². The zero-order chi connectivity index (χ0) is 17.7.